The van der Waals surface area contributed by atoms with Gasteiger partial charge in [-0.15, -0.1) is 0 Å². The second kappa shape index (κ2) is 11.8. The molecule has 2 aliphatic rings. The maximum Gasteiger partial charge on any atom is 0.435 e. The minimum absolute atomic E-state index is 0.0712. The first-order valence-corrected chi connectivity index (χ1v) is 17.1. The Morgan fingerprint density at radius 2 is 1.39 bits per heavy atom. The van der Waals surface area contributed by atoms with E-state index in [0.717, 1.165) is 29.2 Å². The summed E-state index contributed by atoms with van der Waals surface area (Å²) in [6.45, 7) is 0.478. The number of sulfone groups is 2. The summed E-state index contributed by atoms with van der Waals surface area (Å²) >= 11 is 0. The molecule has 0 bridgehead atoms. The lowest BCUT2D eigenvalue weighted by Crippen LogP contribution is -2.56. The molecule has 1 atom stereocenters. The molecule has 0 radical (unpaired) electrons. The maximum atomic E-state index is 14.8. The summed E-state index contributed by atoms with van der Waals surface area (Å²) < 4.78 is 159. The summed E-state index contributed by atoms with van der Waals surface area (Å²) in [5, 5.41) is 2.49. The van der Waals surface area contributed by atoms with Gasteiger partial charge in [-0.1, -0.05) is 24.3 Å². The number of hydrogen-bond donors (Lipinski definition) is 1. The predicted octanol–water partition coefficient (Wildman–Crippen LogP) is 4.35. The van der Waals surface area contributed by atoms with Crippen molar-refractivity contribution in [1.82, 2.24) is 10.2 Å². The molecular formula is C28H28F8N2O6S2. The maximum absolute atomic E-state index is 14.8. The van der Waals surface area contributed by atoms with Crippen LogP contribution in [0, 0.1) is 11.2 Å². The first-order valence-electron chi connectivity index (χ1n) is 13.8. The van der Waals surface area contributed by atoms with Gasteiger partial charge in [-0.3, -0.25) is 9.59 Å². The molecule has 0 saturated carbocycles. The molecule has 1 N–H and O–H groups in total. The lowest BCUT2D eigenvalue weighted by atomic mass is 9.79. The molecule has 2 aromatic rings. The third-order valence-electron chi connectivity index (χ3n) is 8.61. The lowest BCUT2D eigenvalue weighted by Gasteiger charge is -2.38. The highest BCUT2D eigenvalue weighted by Gasteiger charge is 2.73. The molecule has 254 valence electrons. The Hall–Kier alpha value is -3.28. The number of carbonyl (C=O) groups excluding carboxylic acids is 2. The predicted molar refractivity (Wildman–Crippen MR) is 147 cm³/mol. The molecule has 2 amide bonds. The molecule has 2 fully saturated rings. The number of amides is 2. The fraction of sp³-hybridized carbons (Fsp3) is 0.500. The van der Waals surface area contributed by atoms with Crippen LogP contribution >= 0.6 is 0 Å². The molecule has 0 aliphatic carbocycles. The molecule has 2 heterocycles. The average Bonchev–Trinajstić information content (AvgIpc) is 3.43. The molecule has 0 aromatic heterocycles. The van der Waals surface area contributed by atoms with E-state index >= 15 is 0 Å². The number of likely N-dealkylation sites (tertiary alicyclic amines) is 1. The van der Waals surface area contributed by atoms with Crippen molar-refractivity contribution in [2.24, 2.45) is 5.41 Å². The van der Waals surface area contributed by atoms with Crippen LogP contribution in [0.5, 0.6) is 0 Å². The first kappa shape index (κ1) is 35.6. The molecule has 2 aliphatic heterocycles. The Morgan fingerprint density at radius 1 is 0.870 bits per heavy atom. The number of alkyl halides is 7. The van der Waals surface area contributed by atoms with Crippen molar-refractivity contribution in [2.45, 2.75) is 53.9 Å². The molecule has 2 aromatic carbocycles. The van der Waals surface area contributed by atoms with E-state index in [1.165, 1.54) is 0 Å². The third kappa shape index (κ3) is 5.75. The zero-order valence-electron chi connectivity index (χ0n) is 24.0. The number of nitrogens with zero attached hydrogens (tertiary/aromatic N) is 1. The van der Waals surface area contributed by atoms with Crippen LogP contribution in [-0.2, 0) is 39.7 Å². The van der Waals surface area contributed by atoms with Gasteiger partial charge < -0.3 is 10.2 Å². The van der Waals surface area contributed by atoms with E-state index in [1.807, 2.05) is 0 Å². The Morgan fingerprint density at radius 3 is 1.87 bits per heavy atom. The molecule has 0 unspecified atom stereocenters. The number of carbonyl (C=O) groups is 2. The molecular weight excluding hydrogens is 676 g/mol. The largest absolute Gasteiger partial charge is 0.435 e. The van der Waals surface area contributed by atoms with Gasteiger partial charge in [0.25, 0.3) is 0 Å². The van der Waals surface area contributed by atoms with Gasteiger partial charge in [-0.25, -0.2) is 25.6 Å². The average molecular weight is 705 g/mol. The van der Waals surface area contributed by atoms with Crippen LogP contribution in [-0.4, -0.2) is 77.0 Å². The van der Waals surface area contributed by atoms with Crippen molar-refractivity contribution < 1.29 is 61.5 Å². The van der Waals surface area contributed by atoms with Crippen molar-refractivity contribution in [3.05, 3.63) is 65.5 Å². The third-order valence-corrected chi connectivity index (χ3v) is 12.8. The highest BCUT2D eigenvalue weighted by atomic mass is 32.2. The normalized spacial score (nSPS) is 22.0. The number of rotatable bonds is 7. The van der Waals surface area contributed by atoms with Gasteiger partial charge >= 0.3 is 18.0 Å². The fourth-order valence-corrected chi connectivity index (χ4v) is 9.55. The van der Waals surface area contributed by atoms with Crippen LogP contribution in [0.1, 0.15) is 37.3 Å². The summed E-state index contributed by atoms with van der Waals surface area (Å²) in [5.41, 5.74) is -9.97. The van der Waals surface area contributed by atoms with E-state index in [9.17, 15) is 61.5 Å². The Labute approximate surface area is 259 Å². The van der Waals surface area contributed by atoms with Gasteiger partial charge in [0.05, 0.1) is 16.4 Å². The summed E-state index contributed by atoms with van der Waals surface area (Å²) in [6, 6.07) is 4.86. The van der Waals surface area contributed by atoms with Gasteiger partial charge in [-0.05, 0) is 56.0 Å². The van der Waals surface area contributed by atoms with E-state index in [1.54, 1.807) is 6.92 Å². The Bertz CT molecular complexity index is 1680. The van der Waals surface area contributed by atoms with Crippen LogP contribution < -0.4 is 5.32 Å². The van der Waals surface area contributed by atoms with Crippen LogP contribution in [0.4, 0.5) is 35.1 Å². The van der Waals surface area contributed by atoms with E-state index in [0.29, 0.717) is 12.1 Å². The summed E-state index contributed by atoms with van der Waals surface area (Å²) in [7, 11) is -8.33. The van der Waals surface area contributed by atoms with Crippen LogP contribution in [0.25, 0.3) is 0 Å². The minimum atomic E-state index is -6.43. The second-order valence-electron chi connectivity index (χ2n) is 11.3. The van der Waals surface area contributed by atoms with Gasteiger partial charge in [0.15, 0.2) is 9.84 Å². The van der Waals surface area contributed by atoms with Crippen molar-refractivity contribution >= 4 is 31.5 Å². The van der Waals surface area contributed by atoms with E-state index < -0.39 is 119 Å². The van der Waals surface area contributed by atoms with E-state index in [4.69, 9.17) is 0 Å². The van der Waals surface area contributed by atoms with E-state index in [-0.39, 0.29) is 25.2 Å². The summed E-state index contributed by atoms with van der Waals surface area (Å²) in [4.78, 5) is 27.7. The monoisotopic (exact) mass is 704 g/mol. The number of hydrogen-bond acceptors (Lipinski definition) is 6. The molecule has 2 saturated heterocycles. The first-order chi connectivity index (χ1) is 21.1. The molecule has 8 nitrogen and oxygen atoms in total. The quantitative estimate of drug-likeness (QED) is 0.261. The number of halogens is 8. The summed E-state index contributed by atoms with van der Waals surface area (Å²) in [5.74, 6) is -3.58. The van der Waals surface area contributed by atoms with Crippen LogP contribution in [0.2, 0.25) is 0 Å². The SMILES string of the molecule is CCNC(=O)C1(C(=O)N2CC[C@](c3ccc(C(F)(C(F)(F)F)C(F)(F)F)cc3)(S(=O)(=O)c3ccc(F)cc3)C2)CCS(=O)(=O)CC1. The molecule has 18 heteroatoms. The minimum Gasteiger partial charge on any atom is -0.355 e. The number of nitrogens with one attached hydrogen (secondary N) is 1. The van der Waals surface area contributed by atoms with Crippen molar-refractivity contribution in [1.29, 1.82) is 0 Å². The zero-order valence-corrected chi connectivity index (χ0v) is 25.6. The van der Waals surface area contributed by atoms with E-state index in [2.05, 4.69) is 5.32 Å². The van der Waals surface area contributed by atoms with Crippen molar-refractivity contribution in [3.8, 4) is 0 Å². The zero-order chi connectivity index (χ0) is 34.6. The fourth-order valence-electron chi connectivity index (χ4n) is 5.95. The molecule has 46 heavy (non-hydrogen) atoms. The topological polar surface area (TPSA) is 118 Å². The number of benzene rings is 2. The van der Waals surface area contributed by atoms with Gasteiger partial charge in [0.1, 0.15) is 25.8 Å². The van der Waals surface area contributed by atoms with Crippen LogP contribution in [0.15, 0.2) is 53.4 Å². The highest BCUT2D eigenvalue weighted by Crippen LogP contribution is 2.54. The van der Waals surface area contributed by atoms with Crippen molar-refractivity contribution in [2.75, 3.05) is 31.1 Å². The molecule has 0 spiro atoms. The van der Waals surface area contributed by atoms with Gasteiger partial charge in [0.2, 0.25) is 11.8 Å². The highest BCUT2D eigenvalue weighted by molar-refractivity contribution is 7.92. The van der Waals surface area contributed by atoms with Gasteiger partial charge in [-0.2, -0.15) is 26.3 Å². The Balaban J connectivity index is 1.84. The van der Waals surface area contributed by atoms with Crippen molar-refractivity contribution in [3.63, 3.8) is 0 Å². The molecule has 4 rings (SSSR count). The second-order valence-corrected chi connectivity index (χ2v) is 15.8. The lowest BCUT2D eigenvalue weighted by molar-refractivity contribution is -0.348. The standard InChI is InChI=1S/C28H28F8N2O6S2/c1-2-37-22(39)24(12-15-45(41,42)16-13-24)23(40)38-14-11-25(17-38,46(43,44)21-9-7-20(29)8-10-21)18-3-5-19(6-4-18)26(30,27(31,32)33)28(34,35)36/h3-10H,2,11-17H2,1H3,(H,37,39)/t25-/m0/s1. The van der Waals surface area contributed by atoms with Gasteiger partial charge in [0, 0.05) is 25.2 Å². The Kier molecular flexibility index (Phi) is 9.09. The summed E-state index contributed by atoms with van der Waals surface area (Å²) in [6.07, 6.45) is -14.2. The van der Waals surface area contributed by atoms with Crippen LogP contribution in [0.3, 0.4) is 0 Å². The smallest absolute Gasteiger partial charge is 0.355 e.